The summed E-state index contributed by atoms with van der Waals surface area (Å²) in [4.78, 5) is 28.4. The number of fused-ring (bicyclic) bond motifs is 1. The molecule has 0 aliphatic rings. The number of hydrogen-bond acceptors (Lipinski definition) is 6. The number of hydrogen-bond donors (Lipinski definition) is 1. The third-order valence-electron chi connectivity index (χ3n) is 5.38. The van der Waals surface area contributed by atoms with Gasteiger partial charge in [-0.1, -0.05) is 42.8 Å². The van der Waals surface area contributed by atoms with Crippen molar-refractivity contribution in [3.05, 3.63) is 54.1 Å². The van der Waals surface area contributed by atoms with E-state index in [0.29, 0.717) is 31.0 Å². The van der Waals surface area contributed by atoms with E-state index in [1.807, 2.05) is 36.4 Å². The fourth-order valence-corrected chi connectivity index (χ4v) is 3.61. The number of carbonyl (C=O) groups is 2. The summed E-state index contributed by atoms with van der Waals surface area (Å²) < 4.78 is 11.9. The smallest absolute Gasteiger partial charge is 0.247 e. The van der Waals surface area contributed by atoms with Crippen molar-refractivity contribution < 1.29 is 19.1 Å². The maximum atomic E-state index is 13.5. The zero-order valence-electron chi connectivity index (χ0n) is 19.4. The van der Waals surface area contributed by atoms with Gasteiger partial charge in [0.15, 0.2) is 0 Å². The molecule has 2 amide bonds. The molecule has 9 nitrogen and oxygen atoms in total. The molecule has 176 valence electrons. The summed E-state index contributed by atoms with van der Waals surface area (Å²) in [6.07, 6.45) is 1.65. The van der Waals surface area contributed by atoms with Crippen LogP contribution in [0.3, 0.4) is 0 Å². The second-order valence-electron chi connectivity index (χ2n) is 7.64. The zero-order chi connectivity index (χ0) is 23.6. The predicted octanol–water partition coefficient (Wildman–Crippen LogP) is 2.57. The van der Waals surface area contributed by atoms with E-state index < -0.39 is 6.04 Å². The number of amides is 2. The van der Waals surface area contributed by atoms with E-state index in [4.69, 9.17) is 9.47 Å². The molecule has 0 radical (unpaired) electrons. The van der Waals surface area contributed by atoms with Crippen molar-refractivity contribution >= 4 is 22.8 Å². The molecule has 1 heterocycles. The quantitative estimate of drug-likeness (QED) is 0.423. The molecule has 0 aliphatic heterocycles. The van der Waals surface area contributed by atoms with Gasteiger partial charge in [0.2, 0.25) is 11.8 Å². The molecule has 0 fully saturated rings. The lowest BCUT2D eigenvalue weighted by Crippen LogP contribution is -2.46. The van der Waals surface area contributed by atoms with Crippen molar-refractivity contribution in [3.63, 3.8) is 0 Å². The van der Waals surface area contributed by atoms with E-state index in [2.05, 4.69) is 22.6 Å². The summed E-state index contributed by atoms with van der Waals surface area (Å²) >= 11 is 0. The number of carbonyl (C=O) groups excluding carboxylic acids is 2. The molecule has 0 unspecified atom stereocenters. The van der Waals surface area contributed by atoms with Crippen molar-refractivity contribution in [1.29, 1.82) is 0 Å². The predicted molar refractivity (Wildman–Crippen MR) is 125 cm³/mol. The Morgan fingerprint density at radius 3 is 2.58 bits per heavy atom. The molecule has 1 atom stereocenters. The van der Waals surface area contributed by atoms with Crippen LogP contribution in [0, 0.1) is 0 Å². The number of aromatic nitrogens is 3. The fraction of sp³-hybridized carbons (Fsp3) is 0.417. The van der Waals surface area contributed by atoms with Crippen LogP contribution >= 0.6 is 0 Å². The summed E-state index contributed by atoms with van der Waals surface area (Å²) in [5, 5.41) is 11.2. The van der Waals surface area contributed by atoms with Crippen molar-refractivity contribution in [3.8, 4) is 5.75 Å². The van der Waals surface area contributed by atoms with Crippen molar-refractivity contribution in [2.24, 2.45) is 0 Å². The lowest BCUT2D eigenvalue weighted by molar-refractivity contribution is -0.141. The van der Waals surface area contributed by atoms with Gasteiger partial charge in [0.25, 0.3) is 0 Å². The van der Waals surface area contributed by atoms with E-state index in [1.54, 1.807) is 35.9 Å². The van der Waals surface area contributed by atoms with Crippen molar-refractivity contribution in [1.82, 2.24) is 25.2 Å². The number of para-hydroxylation sites is 1. The second-order valence-corrected chi connectivity index (χ2v) is 7.64. The van der Waals surface area contributed by atoms with E-state index in [-0.39, 0.29) is 18.4 Å². The summed E-state index contributed by atoms with van der Waals surface area (Å²) in [5.74, 6) is 0.213. The Kier molecular flexibility index (Phi) is 8.77. The van der Waals surface area contributed by atoms with Gasteiger partial charge in [0.05, 0.1) is 19.2 Å². The van der Waals surface area contributed by atoms with Gasteiger partial charge < -0.3 is 19.7 Å². The fourth-order valence-electron chi connectivity index (χ4n) is 3.61. The summed E-state index contributed by atoms with van der Waals surface area (Å²) in [5.41, 5.74) is 2.19. The first-order valence-corrected chi connectivity index (χ1v) is 11.1. The van der Waals surface area contributed by atoms with Crippen LogP contribution in [-0.2, 0) is 20.9 Å². The molecule has 0 aliphatic carbocycles. The van der Waals surface area contributed by atoms with Gasteiger partial charge in [0, 0.05) is 20.2 Å². The van der Waals surface area contributed by atoms with Crippen LogP contribution in [-0.4, -0.2) is 65.6 Å². The number of ether oxygens (including phenoxy) is 2. The minimum atomic E-state index is -0.790. The van der Waals surface area contributed by atoms with Gasteiger partial charge in [-0.05, 0) is 36.2 Å². The molecule has 0 spiro atoms. The van der Waals surface area contributed by atoms with E-state index in [9.17, 15) is 9.59 Å². The third kappa shape index (κ3) is 6.07. The number of nitrogens with one attached hydrogen (secondary N) is 1. The highest BCUT2D eigenvalue weighted by molar-refractivity contribution is 5.89. The van der Waals surface area contributed by atoms with Crippen molar-refractivity contribution in [2.45, 2.75) is 32.4 Å². The summed E-state index contributed by atoms with van der Waals surface area (Å²) in [6.45, 7) is 3.22. The Bertz CT molecular complexity index is 1050. The largest absolute Gasteiger partial charge is 0.497 e. The maximum Gasteiger partial charge on any atom is 0.247 e. The van der Waals surface area contributed by atoms with Gasteiger partial charge in [-0.3, -0.25) is 9.59 Å². The summed E-state index contributed by atoms with van der Waals surface area (Å²) in [6, 6.07) is 13.9. The lowest BCUT2D eigenvalue weighted by Gasteiger charge is -2.31. The first-order chi connectivity index (χ1) is 16.1. The monoisotopic (exact) mass is 453 g/mol. The van der Waals surface area contributed by atoms with Crippen LogP contribution in [0.15, 0.2) is 48.5 Å². The molecule has 33 heavy (non-hydrogen) atoms. The second kappa shape index (κ2) is 12.0. The topological polar surface area (TPSA) is 98.6 Å². The zero-order valence-corrected chi connectivity index (χ0v) is 19.4. The van der Waals surface area contributed by atoms with E-state index in [0.717, 1.165) is 23.9 Å². The molecule has 3 aromatic rings. The van der Waals surface area contributed by atoms with Crippen LogP contribution < -0.4 is 10.1 Å². The first-order valence-electron chi connectivity index (χ1n) is 11.1. The average Bonchev–Trinajstić information content (AvgIpc) is 3.24. The summed E-state index contributed by atoms with van der Waals surface area (Å²) in [7, 11) is 3.16. The van der Waals surface area contributed by atoms with Gasteiger partial charge >= 0.3 is 0 Å². The van der Waals surface area contributed by atoms with Gasteiger partial charge in [-0.25, -0.2) is 4.68 Å². The maximum absolute atomic E-state index is 13.5. The van der Waals surface area contributed by atoms with Gasteiger partial charge in [-0.2, -0.15) is 0 Å². The van der Waals surface area contributed by atoms with Crippen LogP contribution in [0.25, 0.3) is 11.0 Å². The van der Waals surface area contributed by atoms with Crippen LogP contribution in [0.2, 0.25) is 0 Å². The molecular weight excluding hydrogens is 422 g/mol. The number of methoxy groups -OCH3 is 2. The Labute approximate surface area is 193 Å². The van der Waals surface area contributed by atoms with E-state index in [1.165, 1.54) is 0 Å². The van der Waals surface area contributed by atoms with Crippen LogP contribution in [0.5, 0.6) is 5.75 Å². The van der Waals surface area contributed by atoms with Gasteiger partial charge in [-0.15, -0.1) is 5.10 Å². The Balaban J connectivity index is 1.92. The number of rotatable bonds is 12. The van der Waals surface area contributed by atoms with Crippen LogP contribution in [0.1, 0.15) is 31.4 Å². The standard InChI is InChI=1S/C24H31N5O4/c1-4-5-15-28(22(30)17-29-21-9-7-6-8-20(21)26-27-29)23(24(31)25-14-16-32-2)18-10-12-19(33-3)13-11-18/h6-13,23H,4-5,14-17H2,1-3H3,(H,25,31)/t23-/m1/s1. The molecule has 1 aromatic heterocycles. The molecule has 0 saturated heterocycles. The molecule has 0 bridgehead atoms. The number of unbranched alkanes of at least 4 members (excludes halogenated alkanes) is 1. The minimum absolute atomic E-state index is 0.0117. The lowest BCUT2D eigenvalue weighted by atomic mass is 10.0. The highest BCUT2D eigenvalue weighted by Crippen LogP contribution is 2.25. The minimum Gasteiger partial charge on any atom is -0.497 e. The highest BCUT2D eigenvalue weighted by Gasteiger charge is 2.31. The molecule has 2 aromatic carbocycles. The average molecular weight is 454 g/mol. The van der Waals surface area contributed by atoms with Crippen molar-refractivity contribution in [2.75, 3.05) is 33.9 Å². The van der Waals surface area contributed by atoms with E-state index >= 15 is 0 Å². The first kappa shape index (κ1) is 24.2. The third-order valence-corrected chi connectivity index (χ3v) is 5.38. The van der Waals surface area contributed by atoms with Crippen LogP contribution in [0.4, 0.5) is 0 Å². The normalized spacial score (nSPS) is 11.8. The van der Waals surface area contributed by atoms with Gasteiger partial charge in [0.1, 0.15) is 23.9 Å². The molecule has 1 N–H and O–H groups in total. The molecule has 3 rings (SSSR count). The Morgan fingerprint density at radius 2 is 1.88 bits per heavy atom. The molecule has 9 heteroatoms. The molecule has 0 saturated carbocycles. The highest BCUT2D eigenvalue weighted by atomic mass is 16.5. The SMILES string of the molecule is CCCCN(C(=O)Cn1nnc2ccccc21)[C@@H](C(=O)NCCOC)c1ccc(OC)cc1. The Hall–Kier alpha value is -3.46. The number of nitrogens with zero attached hydrogens (tertiary/aromatic N) is 4. The molecular formula is C24H31N5O4. The Morgan fingerprint density at radius 1 is 1.12 bits per heavy atom. The number of benzene rings is 2.